The molecule has 1 N–H and O–H groups in total. The molecule has 0 saturated carbocycles. The molecule has 0 bridgehead atoms. The van der Waals surface area contributed by atoms with Gasteiger partial charge in [0.2, 0.25) is 0 Å². The second-order valence-corrected chi connectivity index (χ2v) is 6.43. The molecular weight excluding hydrogens is 208 g/mol. The van der Waals surface area contributed by atoms with E-state index in [0.29, 0.717) is 11.5 Å². The van der Waals surface area contributed by atoms with Crippen LogP contribution in [0, 0.1) is 5.41 Å². The molecule has 1 rings (SSSR count). The van der Waals surface area contributed by atoms with E-state index < -0.39 is 0 Å². The SMILES string of the molecule is CCNC(C)C(C)(C)CN1C(C)CCC1CC. The quantitative estimate of drug-likeness (QED) is 0.766. The molecular formula is C15H32N2. The van der Waals surface area contributed by atoms with Gasteiger partial charge >= 0.3 is 0 Å². The number of hydrogen-bond acceptors (Lipinski definition) is 2. The molecule has 1 aliphatic rings. The van der Waals surface area contributed by atoms with Crippen molar-refractivity contribution in [3.8, 4) is 0 Å². The molecule has 102 valence electrons. The smallest absolute Gasteiger partial charge is 0.0102 e. The van der Waals surface area contributed by atoms with Crippen LogP contribution in [0.2, 0.25) is 0 Å². The van der Waals surface area contributed by atoms with Crippen LogP contribution in [0.5, 0.6) is 0 Å². The lowest BCUT2D eigenvalue weighted by atomic mass is 9.84. The van der Waals surface area contributed by atoms with E-state index in [9.17, 15) is 0 Å². The van der Waals surface area contributed by atoms with Gasteiger partial charge in [-0.1, -0.05) is 27.7 Å². The summed E-state index contributed by atoms with van der Waals surface area (Å²) in [5.74, 6) is 0. The maximum absolute atomic E-state index is 3.58. The van der Waals surface area contributed by atoms with Crippen LogP contribution in [0.3, 0.4) is 0 Å². The molecule has 17 heavy (non-hydrogen) atoms. The molecule has 3 unspecified atom stereocenters. The van der Waals surface area contributed by atoms with E-state index in [-0.39, 0.29) is 0 Å². The second-order valence-electron chi connectivity index (χ2n) is 6.43. The van der Waals surface area contributed by atoms with Crippen LogP contribution in [-0.4, -0.2) is 36.1 Å². The highest BCUT2D eigenvalue weighted by Crippen LogP contribution is 2.31. The summed E-state index contributed by atoms with van der Waals surface area (Å²) in [6.07, 6.45) is 4.07. The molecule has 1 heterocycles. The standard InChI is InChI=1S/C15H32N2/c1-7-14-10-9-12(3)17(14)11-15(5,6)13(4)16-8-2/h12-14,16H,7-11H2,1-6H3. The topological polar surface area (TPSA) is 15.3 Å². The lowest BCUT2D eigenvalue weighted by Gasteiger charge is -2.40. The first kappa shape index (κ1) is 15.0. The van der Waals surface area contributed by atoms with Crippen molar-refractivity contribution < 1.29 is 0 Å². The average molecular weight is 240 g/mol. The molecule has 0 aromatic rings. The zero-order valence-corrected chi connectivity index (χ0v) is 12.7. The van der Waals surface area contributed by atoms with E-state index in [0.717, 1.165) is 18.6 Å². The molecule has 0 radical (unpaired) electrons. The van der Waals surface area contributed by atoms with E-state index in [4.69, 9.17) is 0 Å². The fourth-order valence-electron chi connectivity index (χ4n) is 3.04. The molecule has 0 aromatic heterocycles. The lowest BCUT2D eigenvalue weighted by molar-refractivity contribution is 0.105. The highest BCUT2D eigenvalue weighted by atomic mass is 15.2. The van der Waals surface area contributed by atoms with Crippen molar-refractivity contribution in [3.05, 3.63) is 0 Å². The van der Waals surface area contributed by atoms with Crippen LogP contribution in [0.4, 0.5) is 0 Å². The minimum atomic E-state index is 0.349. The van der Waals surface area contributed by atoms with E-state index in [1.54, 1.807) is 0 Å². The average Bonchev–Trinajstić information content (AvgIpc) is 2.60. The fraction of sp³-hybridized carbons (Fsp3) is 1.00. The van der Waals surface area contributed by atoms with Gasteiger partial charge in [0.15, 0.2) is 0 Å². The summed E-state index contributed by atoms with van der Waals surface area (Å²) in [6, 6.07) is 2.17. The Morgan fingerprint density at radius 1 is 1.29 bits per heavy atom. The molecule has 1 aliphatic heterocycles. The maximum atomic E-state index is 3.58. The predicted molar refractivity (Wildman–Crippen MR) is 76.4 cm³/mol. The predicted octanol–water partition coefficient (Wildman–Crippen LogP) is 3.27. The van der Waals surface area contributed by atoms with Crippen molar-refractivity contribution in [1.29, 1.82) is 0 Å². The summed E-state index contributed by atoms with van der Waals surface area (Å²) in [5.41, 5.74) is 0.349. The van der Waals surface area contributed by atoms with Crippen LogP contribution < -0.4 is 5.32 Å². The van der Waals surface area contributed by atoms with Crippen molar-refractivity contribution in [1.82, 2.24) is 10.2 Å². The molecule has 1 saturated heterocycles. The molecule has 0 spiro atoms. The number of rotatable bonds is 6. The molecule has 3 atom stereocenters. The third-order valence-electron chi connectivity index (χ3n) is 4.70. The number of nitrogens with one attached hydrogen (secondary N) is 1. The maximum Gasteiger partial charge on any atom is 0.0102 e. The number of likely N-dealkylation sites (tertiary alicyclic amines) is 1. The molecule has 0 aliphatic carbocycles. The van der Waals surface area contributed by atoms with Crippen LogP contribution in [0.1, 0.15) is 60.8 Å². The monoisotopic (exact) mass is 240 g/mol. The first-order valence-corrected chi connectivity index (χ1v) is 7.41. The van der Waals surface area contributed by atoms with Gasteiger partial charge in [0.1, 0.15) is 0 Å². The molecule has 2 heteroatoms. The van der Waals surface area contributed by atoms with Gasteiger partial charge in [-0.15, -0.1) is 0 Å². The zero-order chi connectivity index (χ0) is 13.1. The minimum Gasteiger partial charge on any atom is -0.314 e. The van der Waals surface area contributed by atoms with Gasteiger partial charge < -0.3 is 5.32 Å². The summed E-state index contributed by atoms with van der Waals surface area (Å²) in [7, 11) is 0. The number of hydrogen-bond donors (Lipinski definition) is 1. The molecule has 0 amide bonds. The van der Waals surface area contributed by atoms with Gasteiger partial charge in [-0.25, -0.2) is 0 Å². The minimum absolute atomic E-state index is 0.349. The fourth-order valence-corrected chi connectivity index (χ4v) is 3.04. The summed E-state index contributed by atoms with van der Waals surface area (Å²) in [5, 5.41) is 3.58. The van der Waals surface area contributed by atoms with Crippen LogP contribution >= 0.6 is 0 Å². The van der Waals surface area contributed by atoms with Crippen LogP contribution in [-0.2, 0) is 0 Å². The van der Waals surface area contributed by atoms with Crippen molar-refractivity contribution in [2.75, 3.05) is 13.1 Å². The van der Waals surface area contributed by atoms with E-state index in [1.807, 2.05) is 0 Å². The Morgan fingerprint density at radius 2 is 1.94 bits per heavy atom. The lowest BCUT2D eigenvalue weighted by Crippen LogP contribution is -2.49. The second kappa shape index (κ2) is 6.19. The third-order valence-corrected chi connectivity index (χ3v) is 4.70. The molecule has 0 aromatic carbocycles. The van der Waals surface area contributed by atoms with Crippen molar-refractivity contribution in [3.63, 3.8) is 0 Å². The Kier molecular flexibility index (Phi) is 5.46. The largest absolute Gasteiger partial charge is 0.314 e. The van der Waals surface area contributed by atoms with Gasteiger partial charge in [-0.3, -0.25) is 4.90 Å². The van der Waals surface area contributed by atoms with Crippen molar-refractivity contribution >= 4 is 0 Å². The summed E-state index contributed by atoms with van der Waals surface area (Å²) in [4.78, 5) is 2.74. The van der Waals surface area contributed by atoms with Crippen LogP contribution in [0.15, 0.2) is 0 Å². The Balaban J connectivity index is 2.61. The summed E-state index contributed by atoms with van der Waals surface area (Å²) in [6.45, 7) is 16.3. The third kappa shape index (κ3) is 3.69. The summed E-state index contributed by atoms with van der Waals surface area (Å²) < 4.78 is 0. The van der Waals surface area contributed by atoms with Gasteiger partial charge in [0.05, 0.1) is 0 Å². The Labute approximate surface area is 108 Å². The van der Waals surface area contributed by atoms with E-state index >= 15 is 0 Å². The van der Waals surface area contributed by atoms with Crippen molar-refractivity contribution in [2.45, 2.75) is 78.9 Å². The van der Waals surface area contributed by atoms with Crippen LogP contribution in [0.25, 0.3) is 0 Å². The normalized spacial score (nSPS) is 28.6. The van der Waals surface area contributed by atoms with Crippen molar-refractivity contribution in [2.24, 2.45) is 5.41 Å². The highest BCUT2D eigenvalue weighted by molar-refractivity contribution is 4.91. The first-order valence-electron chi connectivity index (χ1n) is 7.41. The van der Waals surface area contributed by atoms with E-state index in [2.05, 4.69) is 51.8 Å². The van der Waals surface area contributed by atoms with Gasteiger partial charge in [0, 0.05) is 24.7 Å². The Bertz CT molecular complexity index is 225. The molecule has 1 fully saturated rings. The van der Waals surface area contributed by atoms with Gasteiger partial charge in [-0.2, -0.15) is 0 Å². The Hall–Kier alpha value is -0.0800. The van der Waals surface area contributed by atoms with E-state index in [1.165, 1.54) is 25.8 Å². The Morgan fingerprint density at radius 3 is 2.47 bits per heavy atom. The first-order chi connectivity index (χ1) is 7.92. The highest BCUT2D eigenvalue weighted by Gasteiger charge is 2.35. The number of nitrogens with zero attached hydrogens (tertiary/aromatic N) is 1. The van der Waals surface area contributed by atoms with Gasteiger partial charge in [0.25, 0.3) is 0 Å². The molecule has 2 nitrogen and oxygen atoms in total. The van der Waals surface area contributed by atoms with Gasteiger partial charge in [-0.05, 0) is 45.1 Å². The summed E-state index contributed by atoms with van der Waals surface area (Å²) >= 11 is 0. The zero-order valence-electron chi connectivity index (χ0n) is 12.7.